The molecular weight excluding hydrogens is 380 g/mol. The van der Waals surface area contributed by atoms with E-state index in [9.17, 15) is 9.59 Å². The van der Waals surface area contributed by atoms with Crippen molar-refractivity contribution in [1.82, 2.24) is 0 Å². The Morgan fingerprint density at radius 3 is 2.20 bits per heavy atom. The molecule has 0 fully saturated rings. The molecule has 0 spiro atoms. The molecule has 0 aliphatic carbocycles. The third-order valence-electron chi connectivity index (χ3n) is 4.13. The molecule has 0 bridgehead atoms. The topological polar surface area (TPSA) is 61.8 Å². The van der Waals surface area contributed by atoms with Gasteiger partial charge in [-0.05, 0) is 55.0 Å². The zero-order valence-electron chi connectivity index (χ0n) is 16.6. The molecule has 0 unspecified atom stereocenters. The molecule has 30 heavy (non-hydrogen) atoms. The van der Waals surface area contributed by atoms with Crippen molar-refractivity contribution in [3.63, 3.8) is 0 Å². The Hall–Kier alpha value is -3.86. The first kappa shape index (κ1) is 20.9. The van der Waals surface area contributed by atoms with Crippen LogP contribution in [0.2, 0.25) is 0 Å². The largest absolute Gasteiger partial charge is 0.490 e. The fourth-order valence-corrected chi connectivity index (χ4v) is 2.55. The van der Waals surface area contributed by atoms with E-state index in [0.29, 0.717) is 11.3 Å². The average molecular weight is 402 g/mol. The highest BCUT2D eigenvalue weighted by molar-refractivity contribution is 5.90. The Morgan fingerprint density at radius 2 is 1.50 bits per heavy atom. The maximum Gasteiger partial charge on any atom is 0.338 e. The van der Waals surface area contributed by atoms with E-state index in [1.54, 1.807) is 30.3 Å². The molecule has 5 heteroatoms. The Balaban J connectivity index is 1.43. The molecule has 5 nitrogen and oxygen atoms in total. The summed E-state index contributed by atoms with van der Waals surface area (Å²) in [6, 6.07) is 23.3. The van der Waals surface area contributed by atoms with Crippen LogP contribution >= 0.6 is 0 Å². The molecule has 152 valence electrons. The molecule has 0 saturated heterocycles. The van der Waals surface area contributed by atoms with E-state index in [0.717, 1.165) is 16.9 Å². The lowest BCUT2D eigenvalue weighted by Crippen LogP contribution is -2.12. The highest BCUT2D eigenvalue weighted by Gasteiger charge is 2.08. The van der Waals surface area contributed by atoms with Gasteiger partial charge in [0.1, 0.15) is 24.7 Å². The van der Waals surface area contributed by atoms with Crippen molar-refractivity contribution in [3.8, 4) is 11.5 Å². The van der Waals surface area contributed by atoms with Gasteiger partial charge in [0.05, 0.1) is 5.56 Å². The number of carbonyl (C=O) groups is 2. The molecule has 0 amide bonds. The number of aryl methyl sites for hydroxylation is 1. The summed E-state index contributed by atoms with van der Waals surface area (Å²) in [4.78, 5) is 24.0. The van der Waals surface area contributed by atoms with Gasteiger partial charge >= 0.3 is 11.9 Å². The van der Waals surface area contributed by atoms with Crippen molar-refractivity contribution < 1.29 is 23.8 Å². The number of hydrogen-bond acceptors (Lipinski definition) is 5. The van der Waals surface area contributed by atoms with E-state index in [1.807, 2.05) is 61.5 Å². The van der Waals surface area contributed by atoms with Crippen molar-refractivity contribution in [2.75, 3.05) is 13.2 Å². The van der Waals surface area contributed by atoms with Crippen LogP contribution in [0.5, 0.6) is 11.5 Å². The molecule has 3 aromatic rings. The number of rotatable bonds is 8. The maximum atomic E-state index is 12.1. The van der Waals surface area contributed by atoms with Gasteiger partial charge in [-0.1, -0.05) is 48.0 Å². The second kappa shape index (κ2) is 10.6. The van der Waals surface area contributed by atoms with E-state index in [-0.39, 0.29) is 13.2 Å². The second-order valence-electron chi connectivity index (χ2n) is 6.49. The highest BCUT2D eigenvalue weighted by atomic mass is 16.6. The Labute approximate surface area is 175 Å². The molecule has 3 aromatic carbocycles. The maximum absolute atomic E-state index is 12.1. The number of carbonyl (C=O) groups excluding carboxylic acids is 2. The Kier molecular flexibility index (Phi) is 7.39. The lowest BCUT2D eigenvalue weighted by molar-refractivity contribution is -0.128. The van der Waals surface area contributed by atoms with Crippen molar-refractivity contribution in [1.29, 1.82) is 0 Å². The first-order chi connectivity index (χ1) is 14.6. The minimum atomic E-state index is -0.496. The monoisotopic (exact) mass is 402 g/mol. The summed E-state index contributed by atoms with van der Waals surface area (Å²) < 4.78 is 15.9. The van der Waals surface area contributed by atoms with Gasteiger partial charge in [0.25, 0.3) is 0 Å². The molecule has 0 aliphatic rings. The molecule has 0 heterocycles. The number of hydrogen-bond donors (Lipinski definition) is 0. The fourth-order valence-electron chi connectivity index (χ4n) is 2.55. The molecule has 0 aliphatic heterocycles. The summed E-state index contributed by atoms with van der Waals surface area (Å²) in [7, 11) is 0. The van der Waals surface area contributed by atoms with Crippen LogP contribution in [0.3, 0.4) is 0 Å². The third-order valence-corrected chi connectivity index (χ3v) is 4.13. The Bertz CT molecular complexity index is 990. The van der Waals surface area contributed by atoms with E-state index < -0.39 is 11.9 Å². The zero-order chi connectivity index (χ0) is 21.2. The van der Waals surface area contributed by atoms with Crippen molar-refractivity contribution in [2.24, 2.45) is 0 Å². The standard InChI is InChI=1S/C25H22O5/c1-19-7-9-20(10-8-19)11-16-24(26)30-23-14-12-21(13-15-23)25(27)29-18-17-28-22-5-3-2-4-6-22/h2-16H,17-18H2,1H3/b16-11+. The van der Waals surface area contributed by atoms with E-state index in [1.165, 1.54) is 6.08 Å². The van der Waals surface area contributed by atoms with Gasteiger partial charge in [-0.2, -0.15) is 0 Å². The summed E-state index contributed by atoms with van der Waals surface area (Å²) >= 11 is 0. The molecule has 0 saturated carbocycles. The second-order valence-corrected chi connectivity index (χ2v) is 6.49. The molecule has 0 aromatic heterocycles. The van der Waals surface area contributed by atoms with Crippen molar-refractivity contribution >= 4 is 18.0 Å². The van der Waals surface area contributed by atoms with Crippen LogP contribution in [0.25, 0.3) is 6.08 Å². The normalized spacial score (nSPS) is 10.6. The number of esters is 2. The smallest absolute Gasteiger partial charge is 0.338 e. The first-order valence-corrected chi connectivity index (χ1v) is 9.52. The summed E-state index contributed by atoms with van der Waals surface area (Å²) in [5.74, 6) is 0.0985. The number of para-hydroxylation sites is 1. The molecule has 3 rings (SSSR count). The van der Waals surface area contributed by atoms with Gasteiger partial charge in [0.15, 0.2) is 0 Å². The van der Waals surface area contributed by atoms with Gasteiger partial charge in [-0.25, -0.2) is 9.59 Å². The molecule has 0 atom stereocenters. The van der Waals surface area contributed by atoms with Crippen LogP contribution in [0.4, 0.5) is 0 Å². The Morgan fingerprint density at radius 1 is 0.800 bits per heavy atom. The van der Waals surface area contributed by atoms with Gasteiger partial charge in [-0.3, -0.25) is 0 Å². The predicted octanol–water partition coefficient (Wildman–Crippen LogP) is 4.85. The van der Waals surface area contributed by atoms with Crippen molar-refractivity contribution in [2.45, 2.75) is 6.92 Å². The summed E-state index contributed by atoms with van der Waals surface area (Å²) in [5, 5.41) is 0. The zero-order valence-corrected chi connectivity index (χ0v) is 16.6. The van der Waals surface area contributed by atoms with Crippen LogP contribution in [-0.4, -0.2) is 25.2 Å². The van der Waals surface area contributed by atoms with Gasteiger partial charge < -0.3 is 14.2 Å². The predicted molar refractivity (Wildman–Crippen MR) is 115 cm³/mol. The van der Waals surface area contributed by atoms with Gasteiger partial charge in [-0.15, -0.1) is 0 Å². The van der Waals surface area contributed by atoms with E-state index in [2.05, 4.69) is 0 Å². The highest BCUT2D eigenvalue weighted by Crippen LogP contribution is 2.14. The summed E-state index contributed by atoms with van der Waals surface area (Å²) in [6.45, 7) is 2.40. The fraction of sp³-hybridized carbons (Fsp3) is 0.120. The van der Waals surface area contributed by atoms with E-state index >= 15 is 0 Å². The average Bonchev–Trinajstić information content (AvgIpc) is 2.77. The van der Waals surface area contributed by atoms with Gasteiger partial charge in [0, 0.05) is 6.08 Å². The molecule has 0 radical (unpaired) electrons. The summed E-state index contributed by atoms with van der Waals surface area (Å²) in [6.07, 6.45) is 3.05. The minimum absolute atomic E-state index is 0.133. The van der Waals surface area contributed by atoms with Gasteiger partial charge in [0.2, 0.25) is 0 Å². The molecular formula is C25H22O5. The van der Waals surface area contributed by atoms with Crippen LogP contribution in [0, 0.1) is 6.92 Å². The SMILES string of the molecule is Cc1ccc(/C=C/C(=O)Oc2ccc(C(=O)OCCOc3ccccc3)cc2)cc1. The third kappa shape index (κ3) is 6.63. The lowest BCUT2D eigenvalue weighted by Gasteiger charge is -2.08. The van der Waals surface area contributed by atoms with Crippen molar-refractivity contribution in [3.05, 3.63) is 102 Å². The minimum Gasteiger partial charge on any atom is -0.490 e. The van der Waals surface area contributed by atoms with Crippen LogP contribution < -0.4 is 9.47 Å². The summed E-state index contributed by atoms with van der Waals surface area (Å²) in [5.41, 5.74) is 2.42. The number of benzene rings is 3. The molecule has 0 N–H and O–H groups in total. The van der Waals surface area contributed by atoms with Crippen LogP contribution in [0.1, 0.15) is 21.5 Å². The first-order valence-electron chi connectivity index (χ1n) is 9.52. The van der Waals surface area contributed by atoms with Crippen LogP contribution in [0.15, 0.2) is 84.9 Å². The van der Waals surface area contributed by atoms with E-state index in [4.69, 9.17) is 14.2 Å². The lowest BCUT2D eigenvalue weighted by atomic mass is 10.1. The van der Waals surface area contributed by atoms with Crippen LogP contribution in [-0.2, 0) is 9.53 Å². The number of ether oxygens (including phenoxy) is 3. The quantitative estimate of drug-likeness (QED) is 0.233.